The Kier molecular flexibility index (Phi) is 4.87. The van der Waals surface area contributed by atoms with E-state index in [2.05, 4.69) is 14.7 Å². The van der Waals surface area contributed by atoms with E-state index in [-0.39, 0.29) is 0 Å². The second-order valence-electron chi connectivity index (χ2n) is 4.30. The first-order valence-electron chi connectivity index (χ1n) is 6.05. The molecule has 0 radical (unpaired) electrons. The fourth-order valence-corrected chi connectivity index (χ4v) is 2.24. The summed E-state index contributed by atoms with van der Waals surface area (Å²) in [6, 6.07) is 0. The van der Waals surface area contributed by atoms with Crippen LogP contribution in [0.5, 0.6) is 0 Å². The molecule has 0 aliphatic carbocycles. The summed E-state index contributed by atoms with van der Waals surface area (Å²) in [4.78, 5) is 4.37. The van der Waals surface area contributed by atoms with E-state index >= 15 is 0 Å². The van der Waals surface area contributed by atoms with Crippen LogP contribution in [0.2, 0.25) is 0 Å². The van der Waals surface area contributed by atoms with Crippen molar-refractivity contribution in [2.45, 2.75) is 25.6 Å². The molecule has 18 heavy (non-hydrogen) atoms. The maximum Gasteiger partial charge on any atom is 0.202 e. The predicted octanol–water partition coefficient (Wildman–Crippen LogP) is 1.29. The molecule has 1 aliphatic heterocycles. The van der Waals surface area contributed by atoms with Crippen LogP contribution in [0.25, 0.3) is 0 Å². The number of anilines is 1. The van der Waals surface area contributed by atoms with E-state index in [1.807, 2.05) is 6.92 Å². The number of methoxy groups -OCH3 is 1. The SMILES string of the molecule is COCCc1nsc(NCC2(C)OCCCO2)n1. The fourth-order valence-electron chi connectivity index (χ4n) is 1.64. The average Bonchev–Trinajstić information content (AvgIpc) is 2.83. The van der Waals surface area contributed by atoms with E-state index in [1.165, 1.54) is 11.5 Å². The molecule has 2 heterocycles. The first-order valence-corrected chi connectivity index (χ1v) is 6.82. The number of hydrogen-bond donors (Lipinski definition) is 1. The minimum atomic E-state index is -0.559. The molecule has 0 spiro atoms. The first kappa shape index (κ1) is 13.7. The van der Waals surface area contributed by atoms with Crippen molar-refractivity contribution < 1.29 is 14.2 Å². The maximum absolute atomic E-state index is 5.61. The third-order valence-electron chi connectivity index (χ3n) is 2.66. The summed E-state index contributed by atoms with van der Waals surface area (Å²) in [5.41, 5.74) is 0. The van der Waals surface area contributed by atoms with E-state index in [0.29, 0.717) is 13.2 Å². The maximum atomic E-state index is 5.61. The molecule has 102 valence electrons. The van der Waals surface area contributed by atoms with Gasteiger partial charge in [-0.2, -0.15) is 4.37 Å². The molecule has 1 aromatic rings. The number of nitrogens with zero attached hydrogens (tertiary/aromatic N) is 2. The van der Waals surface area contributed by atoms with E-state index in [0.717, 1.165) is 37.0 Å². The van der Waals surface area contributed by atoms with Crippen molar-refractivity contribution in [3.63, 3.8) is 0 Å². The molecular formula is C11H19N3O3S. The Bertz CT molecular complexity index is 366. The van der Waals surface area contributed by atoms with Gasteiger partial charge in [-0.1, -0.05) is 0 Å². The van der Waals surface area contributed by atoms with Crippen molar-refractivity contribution in [3.05, 3.63) is 5.82 Å². The van der Waals surface area contributed by atoms with Gasteiger partial charge in [-0.15, -0.1) is 0 Å². The second-order valence-corrected chi connectivity index (χ2v) is 5.05. The molecule has 1 fully saturated rings. The van der Waals surface area contributed by atoms with Crippen LogP contribution in [0.1, 0.15) is 19.2 Å². The van der Waals surface area contributed by atoms with Gasteiger partial charge in [-0.25, -0.2) is 4.98 Å². The summed E-state index contributed by atoms with van der Waals surface area (Å²) in [5, 5.41) is 4.00. The topological polar surface area (TPSA) is 65.5 Å². The van der Waals surface area contributed by atoms with Gasteiger partial charge >= 0.3 is 0 Å². The lowest BCUT2D eigenvalue weighted by molar-refractivity contribution is -0.246. The molecule has 1 aliphatic rings. The molecule has 0 bridgehead atoms. The molecule has 1 N–H and O–H groups in total. The van der Waals surface area contributed by atoms with Crippen LogP contribution in [0, 0.1) is 0 Å². The zero-order valence-corrected chi connectivity index (χ0v) is 11.6. The van der Waals surface area contributed by atoms with E-state index in [4.69, 9.17) is 14.2 Å². The molecule has 0 unspecified atom stereocenters. The van der Waals surface area contributed by atoms with Crippen LogP contribution >= 0.6 is 11.5 Å². The molecule has 0 saturated carbocycles. The van der Waals surface area contributed by atoms with E-state index < -0.39 is 5.79 Å². The number of rotatable bonds is 6. The molecule has 0 amide bonds. The molecular weight excluding hydrogens is 254 g/mol. The van der Waals surface area contributed by atoms with Crippen molar-refractivity contribution in [2.24, 2.45) is 0 Å². The fraction of sp³-hybridized carbons (Fsp3) is 0.818. The van der Waals surface area contributed by atoms with Crippen LogP contribution in [0.3, 0.4) is 0 Å². The van der Waals surface area contributed by atoms with Gasteiger partial charge in [0.1, 0.15) is 5.82 Å². The van der Waals surface area contributed by atoms with Gasteiger partial charge in [0, 0.05) is 25.1 Å². The summed E-state index contributed by atoms with van der Waals surface area (Å²) >= 11 is 1.35. The van der Waals surface area contributed by atoms with Crippen LogP contribution in [-0.4, -0.2) is 48.6 Å². The Morgan fingerprint density at radius 1 is 1.44 bits per heavy atom. The molecule has 1 saturated heterocycles. The lowest BCUT2D eigenvalue weighted by Gasteiger charge is -2.33. The number of nitrogens with one attached hydrogen (secondary N) is 1. The predicted molar refractivity (Wildman–Crippen MR) is 68.9 cm³/mol. The van der Waals surface area contributed by atoms with E-state index in [9.17, 15) is 0 Å². The summed E-state index contributed by atoms with van der Waals surface area (Å²) in [6.45, 7) is 4.64. The largest absolute Gasteiger partial charge is 0.384 e. The van der Waals surface area contributed by atoms with Crippen molar-refractivity contribution in [3.8, 4) is 0 Å². The molecule has 2 rings (SSSR count). The smallest absolute Gasteiger partial charge is 0.202 e. The highest BCUT2D eigenvalue weighted by Crippen LogP contribution is 2.20. The number of ether oxygens (including phenoxy) is 3. The van der Waals surface area contributed by atoms with Gasteiger partial charge in [0.25, 0.3) is 0 Å². The van der Waals surface area contributed by atoms with Crippen molar-refractivity contribution >= 4 is 16.7 Å². The van der Waals surface area contributed by atoms with Crippen molar-refractivity contribution in [2.75, 3.05) is 38.8 Å². The zero-order valence-electron chi connectivity index (χ0n) is 10.8. The molecule has 0 atom stereocenters. The number of hydrogen-bond acceptors (Lipinski definition) is 7. The second kappa shape index (κ2) is 6.42. The Morgan fingerprint density at radius 3 is 2.94 bits per heavy atom. The lowest BCUT2D eigenvalue weighted by atomic mass is 10.3. The molecule has 0 aromatic carbocycles. The van der Waals surface area contributed by atoms with Crippen LogP contribution in [0.15, 0.2) is 0 Å². The molecule has 1 aromatic heterocycles. The molecule has 6 nitrogen and oxygen atoms in total. The highest BCUT2D eigenvalue weighted by molar-refractivity contribution is 7.09. The lowest BCUT2D eigenvalue weighted by Crippen LogP contribution is -2.43. The Labute approximate surface area is 111 Å². The third-order valence-corrected chi connectivity index (χ3v) is 3.37. The highest BCUT2D eigenvalue weighted by atomic mass is 32.1. The van der Waals surface area contributed by atoms with Crippen molar-refractivity contribution in [1.29, 1.82) is 0 Å². The summed E-state index contributed by atoms with van der Waals surface area (Å²) in [5.74, 6) is 0.247. The first-order chi connectivity index (χ1) is 8.72. The van der Waals surface area contributed by atoms with Gasteiger partial charge in [0.15, 0.2) is 5.79 Å². The normalized spacial score (nSPS) is 18.8. The summed E-state index contributed by atoms with van der Waals surface area (Å²) in [6.07, 6.45) is 1.69. The average molecular weight is 273 g/mol. The number of aromatic nitrogens is 2. The van der Waals surface area contributed by atoms with Crippen LogP contribution in [0.4, 0.5) is 5.13 Å². The quantitative estimate of drug-likeness (QED) is 0.842. The van der Waals surface area contributed by atoms with Gasteiger partial charge in [-0.05, 0) is 13.3 Å². The van der Waals surface area contributed by atoms with Crippen LogP contribution < -0.4 is 5.32 Å². The minimum absolute atomic E-state index is 0.559. The Balaban J connectivity index is 1.80. The standard InChI is InChI=1S/C11H19N3O3S/c1-11(16-5-3-6-17-11)8-12-10-13-9(14-18-10)4-7-15-2/h3-8H2,1-2H3,(H,12,13,14). The third kappa shape index (κ3) is 3.88. The minimum Gasteiger partial charge on any atom is -0.384 e. The highest BCUT2D eigenvalue weighted by Gasteiger charge is 2.28. The Hall–Kier alpha value is -0.760. The van der Waals surface area contributed by atoms with Crippen LogP contribution in [-0.2, 0) is 20.6 Å². The summed E-state index contributed by atoms with van der Waals surface area (Å²) in [7, 11) is 1.67. The van der Waals surface area contributed by atoms with Gasteiger partial charge in [0.2, 0.25) is 5.13 Å². The Morgan fingerprint density at radius 2 is 2.22 bits per heavy atom. The van der Waals surface area contributed by atoms with Gasteiger partial charge < -0.3 is 19.5 Å². The molecule has 7 heteroatoms. The monoisotopic (exact) mass is 273 g/mol. The van der Waals surface area contributed by atoms with Gasteiger partial charge in [0.05, 0.1) is 26.4 Å². The zero-order chi connectivity index (χ0) is 12.8. The summed E-state index contributed by atoms with van der Waals surface area (Å²) < 4.78 is 20.5. The van der Waals surface area contributed by atoms with E-state index in [1.54, 1.807) is 7.11 Å². The van der Waals surface area contributed by atoms with Crippen molar-refractivity contribution in [1.82, 2.24) is 9.36 Å². The van der Waals surface area contributed by atoms with Gasteiger partial charge in [-0.3, -0.25) is 0 Å².